The Morgan fingerprint density at radius 2 is 0.902 bits per heavy atom. The van der Waals surface area contributed by atoms with Gasteiger partial charge in [0.05, 0.1) is 73.3 Å². The van der Waals surface area contributed by atoms with Crippen molar-refractivity contribution in [3.63, 3.8) is 0 Å². The predicted molar refractivity (Wildman–Crippen MR) is 314 cm³/mol. The number of hydrogen-bond acceptors (Lipinski definition) is 15. The average Bonchev–Trinajstić information content (AvgIpc) is 3.44. The van der Waals surface area contributed by atoms with Crippen LogP contribution in [0.25, 0.3) is 0 Å². The molecule has 0 saturated heterocycles. The highest BCUT2D eigenvalue weighted by molar-refractivity contribution is 5.74. The Balaban J connectivity index is 0.000000225. The van der Waals surface area contributed by atoms with Gasteiger partial charge in [-0.05, 0) is 219 Å². The summed E-state index contributed by atoms with van der Waals surface area (Å²) in [5.41, 5.74) is 2.60. The first-order valence-electron chi connectivity index (χ1n) is 31.9. The Kier molecular flexibility index (Phi) is 32.0. The van der Waals surface area contributed by atoms with E-state index >= 15 is 0 Å². The molecule has 0 spiro atoms. The van der Waals surface area contributed by atoms with Crippen molar-refractivity contribution in [1.82, 2.24) is 0 Å². The molecular weight excluding hydrogens is 1050 g/mol. The molecule has 0 aliphatic heterocycles. The first-order chi connectivity index (χ1) is 38.9. The molecule has 7 aliphatic carbocycles. The molecule has 0 amide bonds. The Bertz CT molecular complexity index is 1960. The molecule has 0 aromatic heterocycles. The van der Waals surface area contributed by atoms with Crippen molar-refractivity contribution < 1.29 is 78.7 Å². The first kappa shape index (κ1) is 70.8. The van der Waals surface area contributed by atoms with Gasteiger partial charge in [-0.3, -0.25) is 24.0 Å². The zero-order chi connectivity index (χ0) is 60.4. The number of carbonyl (C=O) groups excluding carboxylic acids is 4. The molecular formula is C66H110O16. The molecule has 7 aliphatic rings. The summed E-state index contributed by atoms with van der Waals surface area (Å²) in [6.45, 7) is 16.6. The van der Waals surface area contributed by atoms with Gasteiger partial charge in [-0.25, -0.2) is 0 Å². The lowest BCUT2D eigenvalue weighted by molar-refractivity contribution is -0.160. The molecule has 0 bridgehead atoms. The summed E-state index contributed by atoms with van der Waals surface area (Å²) in [4.78, 5) is 57.8. The standard InChI is InChI=1S/C17H30O3.C17H24O3.C16H28O3.C9H16O4.C7H12O3/c2*1-12(2)14-5-3-13(4-6-14)11-20-17(19)15-7-9-16(18)10-8-15;1-11-8-14(10-16(2,3)9-11)19-15(18)12-4-6-13(17)7-5-12;10-5-6-13-9(12)7-1-3-8(11)4-2-7;8-6-3-1-5(2-4-6)7(9)10/h12-16,18H,3-11H2,1-2H3;3-6,12,15-16,18H,7-11H2,1-2H3;11-14,17H,4-10H2,1-3H3;7-8,10-11H,1-6H2;5-6,8H,1-4H2,(H,9,10). The molecule has 470 valence electrons. The lowest BCUT2D eigenvalue weighted by Gasteiger charge is -2.39. The highest BCUT2D eigenvalue weighted by Gasteiger charge is 2.37. The zero-order valence-corrected chi connectivity index (χ0v) is 51.3. The van der Waals surface area contributed by atoms with Crippen molar-refractivity contribution in [1.29, 1.82) is 0 Å². The Hall–Kier alpha value is -3.67. The van der Waals surface area contributed by atoms with Crippen molar-refractivity contribution in [3.8, 4) is 0 Å². The highest BCUT2D eigenvalue weighted by atomic mass is 16.6. The SMILES string of the molecule is CC(C)C1CCC(COC(=O)C2CCC(O)CC2)CC1.CC(C)c1ccc(COC(=O)C2CCC(O)CC2)cc1.CC1CC(OC(=O)C2CCC(O)CC2)CC(C)(C)C1.O=C(O)C1CCC(O)CC1.O=C(OCCO)C1CCC(O)CC1. The largest absolute Gasteiger partial charge is 0.481 e. The van der Waals surface area contributed by atoms with E-state index in [2.05, 4.69) is 60.6 Å². The summed E-state index contributed by atoms with van der Waals surface area (Å²) in [7, 11) is 0. The lowest BCUT2D eigenvalue weighted by atomic mass is 9.71. The Morgan fingerprint density at radius 3 is 1.28 bits per heavy atom. The van der Waals surface area contributed by atoms with Gasteiger partial charge >= 0.3 is 29.8 Å². The molecule has 2 unspecified atom stereocenters. The molecule has 1 aromatic rings. The smallest absolute Gasteiger partial charge is 0.309 e. The van der Waals surface area contributed by atoms with Gasteiger partial charge in [-0.15, -0.1) is 0 Å². The third kappa shape index (κ3) is 27.1. The fourth-order valence-corrected chi connectivity index (χ4v) is 13.1. The molecule has 82 heavy (non-hydrogen) atoms. The van der Waals surface area contributed by atoms with Gasteiger partial charge in [0.2, 0.25) is 0 Å². The number of ether oxygens (including phenoxy) is 4. The molecule has 8 rings (SSSR count). The summed E-state index contributed by atoms with van der Waals surface area (Å²) in [5, 5.41) is 63.6. The topological polar surface area (TPSA) is 264 Å². The van der Waals surface area contributed by atoms with Gasteiger partial charge in [0.1, 0.15) is 19.3 Å². The van der Waals surface area contributed by atoms with E-state index in [0.29, 0.717) is 95.2 Å². The van der Waals surface area contributed by atoms with Crippen molar-refractivity contribution in [2.75, 3.05) is 19.8 Å². The zero-order valence-electron chi connectivity index (χ0n) is 51.3. The fraction of sp³-hybridized carbons (Fsp3) is 0.833. The number of carbonyl (C=O) groups is 5. The fourth-order valence-electron chi connectivity index (χ4n) is 13.1. The number of benzene rings is 1. The summed E-state index contributed by atoms with van der Waals surface area (Å²) >= 11 is 0. The van der Waals surface area contributed by atoms with Crippen LogP contribution in [0.2, 0.25) is 0 Å². The normalized spacial score (nSPS) is 31.7. The van der Waals surface area contributed by atoms with Crippen molar-refractivity contribution in [3.05, 3.63) is 35.4 Å². The number of hydrogen-bond donors (Lipinski definition) is 7. The molecule has 0 radical (unpaired) electrons. The van der Waals surface area contributed by atoms with Crippen LogP contribution in [0.1, 0.15) is 239 Å². The van der Waals surface area contributed by atoms with Crippen molar-refractivity contribution in [2.24, 2.45) is 58.7 Å². The van der Waals surface area contributed by atoms with Crippen LogP contribution in [-0.2, 0) is 49.5 Å². The average molecular weight is 1160 g/mol. The third-order valence-electron chi connectivity index (χ3n) is 18.5. The van der Waals surface area contributed by atoms with Crippen LogP contribution in [0.5, 0.6) is 0 Å². The number of aliphatic carboxylic acids is 1. The van der Waals surface area contributed by atoms with Crippen molar-refractivity contribution >= 4 is 29.8 Å². The maximum absolute atomic E-state index is 12.2. The highest BCUT2D eigenvalue weighted by Crippen LogP contribution is 2.41. The molecule has 7 N–H and O–H groups in total. The van der Waals surface area contributed by atoms with E-state index in [1.807, 2.05) is 12.1 Å². The monoisotopic (exact) mass is 1160 g/mol. The summed E-state index contributed by atoms with van der Waals surface area (Å²) < 4.78 is 21.5. The second-order valence-corrected chi connectivity index (χ2v) is 26.9. The van der Waals surface area contributed by atoms with Gasteiger partial charge in [0.25, 0.3) is 0 Å². The summed E-state index contributed by atoms with van der Waals surface area (Å²) in [6, 6.07) is 8.22. The van der Waals surface area contributed by atoms with E-state index in [4.69, 9.17) is 34.3 Å². The third-order valence-corrected chi connectivity index (χ3v) is 18.5. The van der Waals surface area contributed by atoms with Gasteiger partial charge in [-0.1, -0.05) is 72.7 Å². The summed E-state index contributed by atoms with van der Waals surface area (Å²) in [6.07, 6.45) is 21.5. The van der Waals surface area contributed by atoms with Gasteiger partial charge in [-0.2, -0.15) is 0 Å². The molecule has 0 heterocycles. The molecule has 7 saturated carbocycles. The van der Waals surface area contributed by atoms with E-state index < -0.39 is 5.97 Å². The van der Waals surface area contributed by atoms with Crippen LogP contribution in [0.4, 0.5) is 0 Å². The van der Waals surface area contributed by atoms with Gasteiger partial charge in [0.15, 0.2) is 0 Å². The second-order valence-electron chi connectivity index (χ2n) is 26.9. The molecule has 1 aromatic carbocycles. The van der Waals surface area contributed by atoms with Gasteiger partial charge in [0, 0.05) is 0 Å². The number of carboxylic acid groups (broad SMARTS) is 1. The minimum atomic E-state index is -0.716. The maximum Gasteiger partial charge on any atom is 0.309 e. The minimum absolute atomic E-state index is 0.0174. The Labute approximate surface area is 491 Å². The van der Waals surface area contributed by atoms with E-state index in [-0.39, 0.29) is 109 Å². The van der Waals surface area contributed by atoms with Crippen LogP contribution < -0.4 is 0 Å². The van der Waals surface area contributed by atoms with Crippen LogP contribution >= 0.6 is 0 Å². The molecule has 2 atom stereocenters. The number of aliphatic hydroxyl groups excluding tert-OH is 6. The molecule has 16 heteroatoms. The number of rotatable bonds is 14. The van der Waals surface area contributed by atoms with E-state index in [0.717, 1.165) is 94.4 Å². The molecule has 7 fully saturated rings. The first-order valence-corrected chi connectivity index (χ1v) is 31.9. The number of carboxylic acids is 1. The second kappa shape index (κ2) is 37.0. The van der Waals surface area contributed by atoms with Crippen molar-refractivity contribution in [2.45, 2.75) is 271 Å². The van der Waals surface area contributed by atoms with E-state index in [1.165, 1.54) is 37.7 Å². The number of aliphatic hydroxyl groups is 6. The lowest BCUT2D eigenvalue weighted by Crippen LogP contribution is -2.36. The Morgan fingerprint density at radius 1 is 0.512 bits per heavy atom. The molecule has 16 nitrogen and oxygen atoms in total. The summed E-state index contributed by atoms with van der Waals surface area (Å²) in [5.74, 6) is 1.98. The maximum atomic E-state index is 12.2. The van der Waals surface area contributed by atoms with Crippen LogP contribution in [-0.4, -0.2) is 122 Å². The van der Waals surface area contributed by atoms with Crippen LogP contribution in [0, 0.1) is 58.7 Å². The van der Waals surface area contributed by atoms with E-state index in [9.17, 15) is 44.4 Å². The minimum Gasteiger partial charge on any atom is -0.481 e. The quantitative estimate of drug-likeness (QED) is 0.0674. The van der Waals surface area contributed by atoms with Crippen LogP contribution in [0.15, 0.2) is 24.3 Å². The van der Waals surface area contributed by atoms with Gasteiger partial charge < -0.3 is 54.7 Å². The van der Waals surface area contributed by atoms with Crippen LogP contribution in [0.3, 0.4) is 0 Å². The predicted octanol–water partition coefficient (Wildman–Crippen LogP) is 10.9. The van der Waals surface area contributed by atoms with E-state index in [1.54, 1.807) is 0 Å². The number of esters is 4.